The Morgan fingerprint density at radius 1 is 1.80 bits per heavy atom. The number of ether oxygens (including phenoxy) is 1. The summed E-state index contributed by atoms with van der Waals surface area (Å²) < 4.78 is 9.50. The smallest absolute Gasteiger partial charge is 0.340 e. The molecule has 0 aliphatic carbocycles. The molecule has 1 aromatic rings. The molecule has 0 atom stereocenters. The summed E-state index contributed by atoms with van der Waals surface area (Å²) in [4.78, 5) is 13.8. The molecular weight excluding hydrogens is 198 g/mol. The first-order chi connectivity index (χ1) is 7.27. The van der Waals surface area contributed by atoms with Gasteiger partial charge in [-0.05, 0) is 24.6 Å². The number of carbonyl (C=O) groups excluding carboxylic acids is 1. The molecular formula is C9H9N3O3. The summed E-state index contributed by atoms with van der Waals surface area (Å²) in [5, 5.41) is 3.24. The second-order valence-electron chi connectivity index (χ2n) is 2.50. The molecule has 0 aliphatic heterocycles. The molecule has 6 nitrogen and oxygen atoms in total. The summed E-state index contributed by atoms with van der Waals surface area (Å²) in [6, 6.07) is 1.63. The SMILES string of the molecule is CCOC(=O)/C(=C/c1ccoc1)N=[N+]=[N-]. The van der Waals surface area contributed by atoms with Crippen LogP contribution >= 0.6 is 0 Å². The van der Waals surface area contributed by atoms with Crippen LogP contribution in [-0.4, -0.2) is 12.6 Å². The van der Waals surface area contributed by atoms with Crippen molar-refractivity contribution in [1.82, 2.24) is 0 Å². The fourth-order valence-electron chi connectivity index (χ4n) is 0.897. The van der Waals surface area contributed by atoms with Crippen LogP contribution in [0, 0.1) is 0 Å². The quantitative estimate of drug-likeness (QED) is 0.250. The van der Waals surface area contributed by atoms with Crippen molar-refractivity contribution in [3.05, 3.63) is 40.3 Å². The zero-order valence-corrected chi connectivity index (χ0v) is 8.08. The molecule has 1 rings (SSSR count). The summed E-state index contributed by atoms with van der Waals surface area (Å²) in [5.41, 5.74) is 8.80. The number of rotatable bonds is 4. The number of hydrogen-bond acceptors (Lipinski definition) is 4. The molecule has 0 unspecified atom stereocenters. The maximum atomic E-state index is 11.3. The minimum absolute atomic E-state index is 0.0965. The standard InChI is InChI=1S/C9H9N3O3/c1-2-15-9(13)8(11-12-10)5-7-3-4-14-6-7/h3-6H,2H2,1H3/b8-5-. The first-order valence-electron chi connectivity index (χ1n) is 4.24. The molecule has 15 heavy (non-hydrogen) atoms. The van der Waals surface area contributed by atoms with Gasteiger partial charge in [-0.2, -0.15) is 0 Å². The van der Waals surface area contributed by atoms with E-state index in [-0.39, 0.29) is 12.3 Å². The van der Waals surface area contributed by atoms with E-state index >= 15 is 0 Å². The summed E-state index contributed by atoms with van der Waals surface area (Å²) in [7, 11) is 0. The molecule has 0 fully saturated rings. The number of carbonyl (C=O) groups is 1. The average molecular weight is 207 g/mol. The highest BCUT2D eigenvalue weighted by molar-refractivity contribution is 5.93. The Morgan fingerprint density at radius 2 is 2.60 bits per heavy atom. The van der Waals surface area contributed by atoms with Gasteiger partial charge in [-0.25, -0.2) is 4.79 Å². The van der Waals surface area contributed by atoms with E-state index in [4.69, 9.17) is 14.7 Å². The van der Waals surface area contributed by atoms with E-state index in [0.717, 1.165) is 0 Å². The molecule has 1 heterocycles. The topological polar surface area (TPSA) is 88.2 Å². The van der Waals surface area contributed by atoms with Gasteiger partial charge in [-0.3, -0.25) is 0 Å². The zero-order chi connectivity index (χ0) is 11.1. The van der Waals surface area contributed by atoms with Crippen molar-refractivity contribution in [2.24, 2.45) is 5.11 Å². The fraction of sp³-hybridized carbons (Fsp3) is 0.222. The van der Waals surface area contributed by atoms with Crippen molar-refractivity contribution in [1.29, 1.82) is 0 Å². The molecule has 0 radical (unpaired) electrons. The molecule has 0 aromatic carbocycles. The van der Waals surface area contributed by atoms with Gasteiger partial charge < -0.3 is 9.15 Å². The molecule has 0 spiro atoms. The Labute approximate surface area is 85.8 Å². The van der Waals surface area contributed by atoms with E-state index in [0.29, 0.717) is 5.56 Å². The van der Waals surface area contributed by atoms with E-state index in [9.17, 15) is 4.79 Å². The third kappa shape index (κ3) is 3.21. The molecule has 78 valence electrons. The lowest BCUT2D eigenvalue weighted by atomic mass is 10.3. The van der Waals surface area contributed by atoms with E-state index < -0.39 is 5.97 Å². The van der Waals surface area contributed by atoms with Gasteiger partial charge in [0.25, 0.3) is 0 Å². The molecule has 0 amide bonds. The average Bonchev–Trinajstić information content (AvgIpc) is 2.70. The number of esters is 1. The molecule has 0 saturated carbocycles. The van der Waals surface area contributed by atoms with E-state index in [1.165, 1.54) is 18.6 Å². The Kier molecular flexibility index (Phi) is 4.00. The second-order valence-corrected chi connectivity index (χ2v) is 2.50. The molecule has 0 saturated heterocycles. The van der Waals surface area contributed by atoms with E-state index in [1.807, 2.05) is 0 Å². The normalized spacial score (nSPS) is 10.6. The van der Waals surface area contributed by atoms with Crippen molar-refractivity contribution < 1.29 is 13.9 Å². The number of azide groups is 1. The van der Waals surface area contributed by atoms with Crippen LogP contribution in [0.5, 0.6) is 0 Å². The van der Waals surface area contributed by atoms with Gasteiger partial charge in [0, 0.05) is 10.5 Å². The number of nitrogens with zero attached hydrogens (tertiary/aromatic N) is 3. The highest BCUT2D eigenvalue weighted by atomic mass is 16.5. The van der Waals surface area contributed by atoms with E-state index in [1.54, 1.807) is 13.0 Å². The lowest BCUT2D eigenvalue weighted by Crippen LogP contribution is -2.05. The van der Waals surface area contributed by atoms with Gasteiger partial charge in [-0.1, -0.05) is 5.11 Å². The Morgan fingerprint density at radius 3 is 3.13 bits per heavy atom. The molecule has 0 aliphatic rings. The third-order valence-electron chi connectivity index (χ3n) is 1.48. The predicted molar refractivity (Wildman–Crippen MR) is 52.5 cm³/mol. The number of hydrogen-bond donors (Lipinski definition) is 0. The van der Waals surface area contributed by atoms with E-state index in [2.05, 4.69) is 10.0 Å². The Balaban J connectivity index is 2.92. The minimum atomic E-state index is -0.656. The van der Waals surface area contributed by atoms with Crippen molar-refractivity contribution in [3.63, 3.8) is 0 Å². The second kappa shape index (κ2) is 5.51. The lowest BCUT2D eigenvalue weighted by molar-refractivity contribution is -0.138. The highest BCUT2D eigenvalue weighted by Gasteiger charge is 2.08. The first kappa shape index (κ1) is 10.9. The van der Waals surface area contributed by atoms with Crippen LogP contribution in [0.25, 0.3) is 16.5 Å². The Bertz CT molecular complexity index is 402. The van der Waals surface area contributed by atoms with Crippen molar-refractivity contribution >= 4 is 12.0 Å². The minimum Gasteiger partial charge on any atom is -0.472 e. The predicted octanol–water partition coefficient (Wildman–Crippen LogP) is 2.49. The van der Waals surface area contributed by atoms with Crippen LogP contribution in [-0.2, 0) is 9.53 Å². The van der Waals surface area contributed by atoms with Crippen LogP contribution in [0.3, 0.4) is 0 Å². The zero-order valence-electron chi connectivity index (χ0n) is 8.08. The summed E-state index contributed by atoms with van der Waals surface area (Å²) >= 11 is 0. The molecule has 6 heteroatoms. The summed E-state index contributed by atoms with van der Waals surface area (Å²) in [6.07, 6.45) is 4.26. The van der Waals surface area contributed by atoms with Gasteiger partial charge in [-0.15, -0.1) is 0 Å². The lowest BCUT2D eigenvalue weighted by Gasteiger charge is -1.99. The molecule has 1 aromatic heterocycles. The number of furan rings is 1. The van der Waals surface area contributed by atoms with Crippen LogP contribution in [0.4, 0.5) is 0 Å². The van der Waals surface area contributed by atoms with Gasteiger partial charge in [0.2, 0.25) is 0 Å². The van der Waals surface area contributed by atoms with Gasteiger partial charge in [0.1, 0.15) is 5.70 Å². The van der Waals surface area contributed by atoms with Gasteiger partial charge >= 0.3 is 5.97 Å². The van der Waals surface area contributed by atoms with Crippen molar-refractivity contribution in [3.8, 4) is 0 Å². The largest absolute Gasteiger partial charge is 0.472 e. The summed E-state index contributed by atoms with van der Waals surface area (Å²) in [5.74, 6) is -0.656. The summed E-state index contributed by atoms with van der Waals surface area (Å²) in [6.45, 7) is 1.89. The van der Waals surface area contributed by atoms with Crippen LogP contribution < -0.4 is 0 Å². The van der Waals surface area contributed by atoms with Gasteiger partial charge in [0.05, 0.1) is 19.1 Å². The van der Waals surface area contributed by atoms with Crippen LogP contribution in [0.15, 0.2) is 33.8 Å². The first-order valence-corrected chi connectivity index (χ1v) is 4.24. The molecule has 0 bridgehead atoms. The van der Waals surface area contributed by atoms with Crippen molar-refractivity contribution in [2.75, 3.05) is 6.61 Å². The maximum absolute atomic E-state index is 11.3. The third-order valence-corrected chi connectivity index (χ3v) is 1.48. The maximum Gasteiger partial charge on any atom is 0.340 e. The van der Waals surface area contributed by atoms with Gasteiger partial charge in [0.15, 0.2) is 0 Å². The highest BCUT2D eigenvalue weighted by Crippen LogP contribution is 2.10. The van der Waals surface area contributed by atoms with Crippen LogP contribution in [0.1, 0.15) is 12.5 Å². The molecule has 0 N–H and O–H groups in total. The fourth-order valence-corrected chi connectivity index (χ4v) is 0.897. The van der Waals surface area contributed by atoms with Crippen LogP contribution in [0.2, 0.25) is 0 Å². The Hall–Kier alpha value is -2.20. The monoisotopic (exact) mass is 207 g/mol. The van der Waals surface area contributed by atoms with Crippen molar-refractivity contribution in [2.45, 2.75) is 6.92 Å².